The molecule has 1 N–H and O–H groups in total. The van der Waals surface area contributed by atoms with Crippen LogP contribution in [0, 0.1) is 20.8 Å². The molecule has 0 aromatic heterocycles. The maximum absolute atomic E-state index is 14.0. The Morgan fingerprint density at radius 3 is 2.11 bits per heavy atom. The molecule has 0 spiro atoms. The Labute approximate surface area is 208 Å². The Balaban J connectivity index is 1.62. The third kappa shape index (κ3) is 5.97. The summed E-state index contributed by atoms with van der Waals surface area (Å²) >= 11 is 0. The summed E-state index contributed by atoms with van der Waals surface area (Å²) in [5, 5.41) is 9.67. The van der Waals surface area contributed by atoms with E-state index in [0.717, 1.165) is 47.6 Å². The van der Waals surface area contributed by atoms with E-state index < -0.39 is 10.0 Å². The van der Waals surface area contributed by atoms with Crippen LogP contribution in [0.1, 0.15) is 35.1 Å². The fourth-order valence-electron chi connectivity index (χ4n) is 4.77. The summed E-state index contributed by atoms with van der Waals surface area (Å²) in [6, 6.07) is 17.7. The molecule has 35 heavy (non-hydrogen) atoms. The van der Waals surface area contributed by atoms with Crippen molar-refractivity contribution in [2.75, 3.05) is 30.5 Å². The number of likely N-dealkylation sites (tertiary alicyclic amines) is 1. The van der Waals surface area contributed by atoms with Crippen molar-refractivity contribution >= 4 is 15.7 Å². The average Bonchev–Trinajstić information content (AvgIpc) is 3.32. The third-order valence-electron chi connectivity index (χ3n) is 6.41. The highest BCUT2D eigenvalue weighted by Crippen LogP contribution is 2.32. The van der Waals surface area contributed by atoms with Crippen LogP contribution in [0.5, 0.6) is 11.5 Å². The van der Waals surface area contributed by atoms with Gasteiger partial charge in [-0.1, -0.05) is 29.8 Å². The Hall–Kier alpha value is -3.03. The monoisotopic (exact) mass is 494 g/mol. The number of hydrogen-bond acceptors (Lipinski definition) is 5. The summed E-state index contributed by atoms with van der Waals surface area (Å²) in [4.78, 5) is 2.72. The lowest BCUT2D eigenvalue weighted by atomic mass is 10.1. The van der Waals surface area contributed by atoms with Gasteiger partial charge in [-0.05, 0) is 99.8 Å². The zero-order valence-electron chi connectivity index (χ0n) is 20.7. The summed E-state index contributed by atoms with van der Waals surface area (Å²) < 4.78 is 35.3. The number of benzene rings is 3. The Bertz CT molecular complexity index is 1230. The summed E-state index contributed by atoms with van der Waals surface area (Å²) in [5.74, 6) is 0.862. The summed E-state index contributed by atoms with van der Waals surface area (Å²) in [6.45, 7) is 9.55. The van der Waals surface area contributed by atoms with E-state index in [1.54, 1.807) is 36.4 Å². The van der Waals surface area contributed by atoms with Crippen LogP contribution in [0.25, 0.3) is 0 Å². The molecular weight excluding hydrogens is 460 g/mol. The summed E-state index contributed by atoms with van der Waals surface area (Å²) in [5.41, 5.74) is 3.81. The van der Waals surface area contributed by atoms with Gasteiger partial charge in [0.05, 0.1) is 17.1 Å². The van der Waals surface area contributed by atoms with Crippen molar-refractivity contribution in [3.63, 3.8) is 0 Å². The van der Waals surface area contributed by atoms with Crippen molar-refractivity contribution < 1.29 is 18.3 Å². The smallest absolute Gasteiger partial charge is 0.265 e. The van der Waals surface area contributed by atoms with Crippen LogP contribution < -0.4 is 9.04 Å². The van der Waals surface area contributed by atoms with Gasteiger partial charge in [0, 0.05) is 6.54 Å². The van der Waals surface area contributed by atoms with E-state index in [4.69, 9.17) is 4.74 Å². The predicted molar refractivity (Wildman–Crippen MR) is 140 cm³/mol. The van der Waals surface area contributed by atoms with Gasteiger partial charge in [0.1, 0.15) is 18.1 Å². The van der Waals surface area contributed by atoms with Gasteiger partial charge >= 0.3 is 0 Å². The molecule has 0 bridgehead atoms. The molecule has 3 aromatic rings. The first-order valence-electron chi connectivity index (χ1n) is 12.1. The van der Waals surface area contributed by atoms with E-state index in [1.807, 2.05) is 45.0 Å². The fraction of sp³-hybridized carbons (Fsp3) is 0.357. The number of nitrogens with zero attached hydrogens (tertiary/aromatic N) is 2. The Morgan fingerprint density at radius 2 is 1.51 bits per heavy atom. The van der Waals surface area contributed by atoms with Gasteiger partial charge in [-0.2, -0.15) is 0 Å². The zero-order valence-corrected chi connectivity index (χ0v) is 21.5. The molecule has 1 saturated heterocycles. The number of phenols is 1. The Kier molecular flexibility index (Phi) is 7.67. The van der Waals surface area contributed by atoms with Crippen LogP contribution in [0.4, 0.5) is 5.69 Å². The van der Waals surface area contributed by atoms with Crippen molar-refractivity contribution in [2.45, 2.75) is 45.1 Å². The summed E-state index contributed by atoms with van der Waals surface area (Å²) in [6.07, 6.45) is 2.50. The highest BCUT2D eigenvalue weighted by atomic mass is 32.2. The van der Waals surface area contributed by atoms with Crippen molar-refractivity contribution in [1.29, 1.82) is 0 Å². The van der Waals surface area contributed by atoms with Crippen LogP contribution in [-0.4, -0.2) is 44.7 Å². The lowest BCUT2D eigenvalue weighted by Gasteiger charge is -2.27. The maximum Gasteiger partial charge on any atom is 0.265 e. The molecular formula is C28H34N2O4S. The number of sulfonamides is 1. The lowest BCUT2D eigenvalue weighted by Crippen LogP contribution is -2.31. The molecule has 0 saturated carbocycles. The number of anilines is 1. The number of aromatic hydroxyl groups is 1. The van der Waals surface area contributed by atoms with Crippen LogP contribution in [0.2, 0.25) is 0 Å². The number of phenolic OH excluding ortho intramolecular Hbond substituents is 1. The first-order chi connectivity index (χ1) is 16.7. The standard InChI is InChI=1S/C28H34N2O4S/c1-21-18-22(2)28(23(3)19-21)35(32,33)30(20-24-6-10-26(31)11-7-24)25-8-12-27(13-9-25)34-17-16-29-14-4-5-15-29/h6-13,18-19,31H,4-5,14-17,20H2,1-3H3. The molecule has 0 aliphatic carbocycles. The van der Waals surface area contributed by atoms with Gasteiger partial charge in [0.2, 0.25) is 0 Å². The zero-order chi connectivity index (χ0) is 25.0. The van der Waals surface area contributed by atoms with Crippen LogP contribution >= 0.6 is 0 Å². The predicted octanol–water partition coefficient (Wildman–Crippen LogP) is 5.19. The molecule has 1 aliphatic rings. The van der Waals surface area contributed by atoms with Crippen LogP contribution in [-0.2, 0) is 16.6 Å². The molecule has 1 aliphatic heterocycles. The van der Waals surface area contributed by atoms with Gasteiger partial charge in [0.25, 0.3) is 10.0 Å². The van der Waals surface area contributed by atoms with Crippen molar-refractivity contribution in [2.24, 2.45) is 0 Å². The third-order valence-corrected chi connectivity index (χ3v) is 8.49. The molecule has 0 amide bonds. The molecule has 6 nitrogen and oxygen atoms in total. The first kappa shape index (κ1) is 25.1. The van der Waals surface area contributed by atoms with Crippen molar-refractivity contribution in [3.05, 3.63) is 82.9 Å². The molecule has 1 heterocycles. The van der Waals surface area contributed by atoms with Gasteiger partial charge in [0.15, 0.2) is 0 Å². The van der Waals surface area contributed by atoms with Gasteiger partial charge in [-0.3, -0.25) is 9.21 Å². The van der Waals surface area contributed by atoms with Crippen LogP contribution in [0.15, 0.2) is 65.6 Å². The Morgan fingerprint density at radius 1 is 0.914 bits per heavy atom. The number of aryl methyl sites for hydroxylation is 3. The number of rotatable bonds is 9. The average molecular weight is 495 g/mol. The summed E-state index contributed by atoms with van der Waals surface area (Å²) in [7, 11) is -3.86. The molecule has 4 rings (SSSR count). The van der Waals surface area contributed by atoms with E-state index in [0.29, 0.717) is 17.2 Å². The number of ether oxygens (including phenoxy) is 1. The molecule has 0 radical (unpaired) electrons. The minimum absolute atomic E-state index is 0.142. The highest BCUT2D eigenvalue weighted by Gasteiger charge is 2.29. The van der Waals surface area contributed by atoms with E-state index in [-0.39, 0.29) is 12.3 Å². The van der Waals surface area contributed by atoms with E-state index >= 15 is 0 Å². The minimum Gasteiger partial charge on any atom is -0.508 e. The molecule has 1 fully saturated rings. The fourth-order valence-corrected chi connectivity index (χ4v) is 6.64. The highest BCUT2D eigenvalue weighted by molar-refractivity contribution is 7.92. The SMILES string of the molecule is Cc1cc(C)c(S(=O)(=O)N(Cc2ccc(O)cc2)c2ccc(OCCN3CCCC3)cc2)c(C)c1. The molecule has 7 heteroatoms. The van der Waals surface area contributed by atoms with Crippen molar-refractivity contribution in [3.8, 4) is 11.5 Å². The van der Waals surface area contributed by atoms with Gasteiger partial charge in [-0.25, -0.2) is 8.42 Å². The second-order valence-electron chi connectivity index (χ2n) is 9.30. The molecule has 186 valence electrons. The van der Waals surface area contributed by atoms with Gasteiger partial charge < -0.3 is 9.84 Å². The maximum atomic E-state index is 14.0. The minimum atomic E-state index is -3.86. The van der Waals surface area contributed by atoms with Gasteiger partial charge in [-0.15, -0.1) is 0 Å². The molecule has 0 unspecified atom stereocenters. The van der Waals surface area contributed by atoms with E-state index in [9.17, 15) is 13.5 Å². The second kappa shape index (κ2) is 10.7. The first-order valence-corrected chi connectivity index (χ1v) is 13.5. The largest absolute Gasteiger partial charge is 0.508 e. The second-order valence-corrected chi connectivity index (χ2v) is 11.1. The topological polar surface area (TPSA) is 70.1 Å². The quantitative estimate of drug-likeness (QED) is 0.443. The number of hydrogen-bond donors (Lipinski definition) is 1. The molecule has 3 aromatic carbocycles. The van der Waals surface area contributed by atoms with Crippen molar-refractivity contribution in [1.82, 2.24) is 4.90 Å². The van der Waals surface area contributed by atoms with Crippen LogP contribution in [0.3, 0.4) is 0 Å². The molecule has 0 atom stereocenters. The lowest BCUT2D eigenvalue weighted by molar-refractivity contribution is 0.238. The van der Waals surface area contributed by atoms with E-state index in [1.165, 1.54) is 17.1 Å². The van der Waals surface area contributed by atoms with E-state index in [2.05, 4.69) is 4.90 Å². The normalized spacial score (nSPS) is 14.3.